The molecule has 1 fully saturated rings. The normalized spacial score (nSPS) is 34.5. The Bertz CT molecular complexity index is 188. The largest absolute Gasteiger partial charge is 0.466 e. The molecule has 0 aromatic carbocycles. The molecule has 2 unspecified atom stereocenters. The van der Waals surface area contributed by atoms with E-state index in [2.05, 4.69) is 0 Å². The highest BCUT2D eigenvalue weighted by Crippen LogP contribution is 2.50. The van der Waals surface area contributed by atoms with Crippen molar-refractivity contribution >= 4 is 12.3 Å². The van der Waals surface area contributed by atoms with E-state index in [9.17, 15) is 9.59 Å². The molecule has 11 heavy (non-hydrogen) atoms. The third-order valence-electron chi connectivity index (χ3n) is 2.12. The van der Waals surface area contributed by atoms with Gasteiger partial charge in [-0.3, -0.25) is 4.79 Å². The van der Waals surface area contributed by atoms with Gasteiger partial charge in [-0.25, -0.2) is 0 Å². The molecular weight excluding hydrogens is 144 g/mol. The van der Waals surface area contributed by atoms with Crippen LogP contribution in [0.5, 0.6) is 0 Å². The number of carbonyl (C=O) groups is 2. The first-order chi connectivity index (χ1) is 5.14. The third-order valence-corrected chi connectivity index (χ3v) is 2.12. The molecule has 3 heteroatoms. The van der Waals surface area contributed by atoms with Crippen LogP contribution in [0.25, 0.3) is 0 Å². The number of carbonyl (C=O) groups excluding carboxylic acids is 2. The molecule has 0 radical (unpaired) electrons. The summed E-state index contributed by atoms with van der Waals surface area (Å²) in [7, 11) is 0. The molecule has 0 spiro atoms. The summed E-state index contributed by atoms with van der Waals surface area (Å²) in [6.45, 7) is 3.93. The summed E-state index contributed by atoms with van der Waals surface area (Å²) in [5.74, 6) is -0.415. The Morgan fingerprint density at radius 2 is 2.45 bits per heavy atom. The molecular formula is C8H12O3. The van der Waals surface area contributed by atoms with Gasteiger partial charge in [0, 0.05) is 5.41 Å². The van der Waals surface area contributed by atoms with Gasteiger partial charge in [-0.1, -0.05) is 6.92 Å². The topological polar surface area (TPSA) is 43.4 Å². The van der Waals surface area contributed by atoms with E-state index in [0.717, 1.165) is 6.29 Å². The number of hydrogen-bond acceptors (Lipinski definition) is 3. The van der Waals surface area contributed by atoms with Crippen molar-refractivity contribution in [3.8, 4) is 0 Å². The number of rotatable bonds is 3. The van der Waals surface area contributed by atoms with Crippen molar-refractivity contribution in [3.05, 3.63) is 0 Å². The Morgan fingerprint density at radius 3 is 2.82 bits per heavy atom. The van der Waals surface area contributed by atoms with Crippen LogP contribution in [0.4, 0.5) is 0 Å². The van der Waals surface area contributed by atoms with Crippen molar-refractivity contribution in [1.29, 1.82) is 0 Å². The Hall–Kier alpha value is -0.860. The SMILES string of the molecule is CCOC(=O)C1CC1(C)C=O. The minimum Gasteiger partial charge on any atom is -0.466 e. The van der Waals surface area contributed by atoms with Crippen molar-refractivity contribution < 1.29 is 14.3 Å². The molecule has 1 aliphatic carbocycles. The predicted molar refractivity (Wildman–Crippen MR) is 38.9 cm³/mol. The van der Waals surface area contributed by atoms with Crippen LogP contribution in [0.1, 0.15) is 20.3 Å². The molecule has 0 aromatic heterocycles. The summed E-state index contributed by atoms with van der Waals surface area (Å²) in [5, 5.41) is 0. The molecule has 1 saturated carbocycles. The first-order valence-corrected chi connectivity index (χ1v) is 3.77. The van der Waals surface area contributed by atoms with Gasteiger partial charge in [0.2, 0.25) is 0 Å². The summed E-state index contributed by atoms with van der Waals surface area (Å²) in [6, 6.07) is 0. The van der Waals surface area contributed by atoms with E-state index in [1.54, 1.807) is 13.8 Å². The van der Waals surface area contributed by atoms with Crippen LogP contribution in [-0.2, 0) is 14.3 Å². The molecule has 62 valence electrons. The van der Waals surface area contributed by atoms with Gasteiger partial charge in [0.25, 0.3) is 0 Å². The molecule has 0 saturated heterocycles. The van der Waals surface area contributed by atoms with Gasteiger partial charge in [0.05, 0.1) is 12.5 Å². The van der Waals surface area contributed by atoms with E-state index in [-0.39, 0.29) is 11.9 Å². The maximum Gasteiger partial charge on any atom is 0.309 e. The summed E-state index contributed by atoms with van der Waals surface area (Å²) in [6.07, 6.45) is 1.49. The van der Waals surface area contributed by atoms with Gasteiger partial charge < -0.3 is 9.53 Å². The van der Waals surface area contributed by atoms with Gasteiger partial charge in [-0.15, -0.1) is 0 Å². The van der Waals surface area contributed by atoms with E-state index >= 15 is 0 Å². The van der Waals surface area contributed by atoms with Gasteiger partial charge in [-0.2, -0.15) is 0 Å². The quantitative estimate of drug-likeness (QED) is 0.448. The fraction of sp³-hybridized carbons (Fsp3) is 0.750. The predicted octanol–water partition coefficient (Wildman–Crippen LogP) is 0.775. The minimum absolute atomic E-state index is 0.181. The van der Waals surface area contributed by atoms with Gasteiger partial charge >= 0.3 is 5.97 Å². The third kappa shape index (κ3) is 1.42. The number of hydrogen-bond donors (Lipinski definition) is 0. The highest BCUT2D eigenvalue weighted by molar-refractivity contribution is 5.84. The van der Waals surface area contributed by atoms with Crippen LogP contribution in [0.2, 0.25) is 0 Å². The van der Waals surface area contributed by atoms with E-state index in [4.69, 9.17) is 4.74 Å². The molecule has 0 amide bonds. The monoisotopic (exact) mass is 156 g/mol. The van der Waals surface area contributed by atoms with Crippen LogP contribution >= 0.6 is 0 Å². The second-order valence-corrected chi connectivity index (χ2v) is 3.13. The lowest BCUT2D eigenvalue weighted by atomic mass is 10.1. The molecule has 2 atom stereocenters. The number of esters is 1. The molecule has 0 aliphatic heterocycles. The average Bonchev–Trinajstić information content (AvgIpc) is 2.65. The molecule has 1 aliphatic rings. The standard InChI is InChI=1S/C8H12O3/c1-3-11-7(10)6-4-8(6,2)5-9/h5-6H,3-4H2,1-2H3. The van der Waals surface area contributed by atoms with Gasteiger partial charge in [0.1, 0.15) is 6.29 Å². The first-order valence-electron chi connectivity index (χ1n) is 3.77. The second-order valence-electron chi connectivity index (χ2n) is 3.13. The summed E-state index contributed by atoms with van der Waals surface area (Å²) < 4.78 is 4.77. The zero-order valence-corrected chi connectivity index (χ0v) is 6.79. The lowest BCUT2D eigenvalue weighted by molar-refractivity contribution is -0.146. The molecule has 0 aromatic rings. The summed E-state index contributed by atoms with van der Waals surface area (Å²) >= 11 is 0. The molecule has 3 nitrogen and oxygen atoms in total. The van der Waals surface area contributed by atoms with Crippen LogP contribution in [0.15, 0.2) is 0 Å². The van der Waals surface area contributed by atoms with E-state index in [0.29, 0.717) is 13.0 Å². The highest BCUT2D eigenvalue weighted by atomic mass is 16.5. The van der Waals surface area contributed by atoms with Crippen molar-refractivity contribution in [2.45, 2.75) is 20.3 Å². The molecule has 0 bridgehead atoms. The van der Waals surface area contributed by atoms with E-state index < -0.39 is 5.41 Å². The molecule has 0 heterocycles. The molecule has 0 N–H and O–H groups in total. The maximum atomic E-state index is 11.0. The van der Waals surface area contributed by atoms with Crippen molar-refractivity contribution in [2.24, 2.45) is 11.3 Å². The van der Waals surface area contributed by atoms with Crippen molar-refractivity contribution in [2.75, 3.05) is 6.61 Å². The van der Waals surface area contributed by atoms with Crippen LogP contribution < -0.4 is 0 Å². The fourth-order valence-electron chi connectivity index (χ4n) is 1.11. The Morgan fingerprint density at radius 1 is 1.82 bits per heavy atom. The second kappa shape index (κ2) is 2.64. The van der Waals surface area contributed by atoms with Gasteiger partial charge in [-0.05, 0) is 13.3 Å². The number of ether oxygens (including phenoxy) is 1. The Kier molecular flexibility index (Phi) is 1.98. The lowest BCUT2D eigenvalue weighted by Crippen LogP contribution is -2.12. The molecule has 1 rings (SSSR count). The number of aldehydes is 1. The van der Waals surface area contributed by atoms with Crippen LogP contribution in [0.3, 0.4) is 0 Å². The summed E-state index contributed by atoms with van der Waals surface area (Å²) in [4.78, 5) is 21.4. The van der Waals surface area contributed by atoms with Crippen LogP contribution in [-0.4, -0.2) is 18.9 Å². The van der Waals surface area contributed by atoms with Crippen LogP contribution in [0, 0.1) is 11.3 Å². The lowest BCUT2D eigenvalue weighted by Gasteiger charge is -2.01. The fourth-order valence-corrected chi connectivity index (χ4v) is 1.11. The zero-order valence-electron chi connectivity index (χ0n) is 6.79. The highest BCUT2D eigenvalue weighted by Gasteiger charge is 2.55. The van der Waals surface area contributed by atoms with Crippen molar-refractivity contribution in [1.82, 2.24) is 0 Å². The van der Waals surface area contributed by atoms with Crippen molar-refractivity contribution in [3.63, 3.8) is 0 Å². The van der Waals surface area contributed by atoms with E-state index in [1.807, 2.05) is 0 Å². The Labute approximate surface area is 65.7 Å². The Balaban J connectivity index is 2.42. The summed E-state index contributed by atoms with van der Waals surface area (Å²) in [5.41, 5.74) is -0.424. The van der Waals surface area contributed by atoms with E-state index in [1.165, 1.54) is 0 Å². The average molecular weight is 156 g/mol. The first kappa shape index (κ1) is 8.24. The maximum absolute atomic E-state index is 11.0. The van der Waals surface area contributed by atoms with Gasteiger partial charge in [0.15, 0.2) is 0 Å². The zero-order chi connectivity index (χ0) is 8.48. The smallest absolute Gasteiger partial charge is 0.309 e. The minimum atomic E-state index is -0.424.